The first-order valence-corrected chi connectivity index (χ1v) is 10.5. The predicted octanol–water partition coefficient (Wildman–Crippen LogP) is 3.96. The number of amides is 2. The average Bonchev–Trinajstić information content (AvgIpc) is 3.30. The van der Waals surface area contributed by atoms with Crippen LogP contribution in [0.1, 0.15) is 17.2 Å². The smallest absolute Gasteiger partial charge is 0.318 e. The fourth-order valence-corrected chi connectivity index (χ4v) is 4.20. The second kappa shape index (κ2) is 8.89. The highest BCUT2D eigenvalue weighted by atomic mass is 32.1. The number of thiazole rings is 1. The van der Waals surface area contributed by atoms with E-state index in [0.29, 0.717) is 13.1 Å². The molecule has 0 spiro atoms. The first-order valence-electron chi connectivity index (χ1n) is 9.58. The highest BCUT2D eigenvalue weighted by molar-refractivity contribution is 7.13. The summed E-state index contributed by atoms with van der Waals surface area (Å²) in [5.41, 5.74) is 2.34. The highest BCUT2D eigenvalue weighted by Crippen LogP contribution is 2.21. The van der Waals surface area contributed by atoms with Gasteiger partial charge in [0, 0.05) is 37.8 Å². The lowest BCUT2D eigenvalue weighted by Gasteiger charge is -2.35. The number of rotatable bonds is 5. The van der Waals surface area contributed by atoms with Crippen LogP contribution >= 0.6 is 11.3 Å². The van der Waals surface area contributed by atoms with Crippen molar-refractivity contribution in [2.45, 2.75) is 12.5 Å². The van der Waals surface area contributed by atoms with E-state index in [2.05, 4.69) is 39.5 Å². The Labute approximate surface area is 169 Å². The van der Waals surface area contributed by atoms with Gasteiger partial charge in [0.2, 0.25) is 0 Å². The third kappa shape index (κ3) is 4.51. The summed E-state index contributed by atoms with van der Waals surface area (Å²) in [6.45, 7) is 3.04. The molecule has 1 aliphatic rings. The van der Waals surface area contributed by atoms with Crippen molar-refractivity contribution in [1.29, 1.82) is 0 Å². The molecule has 0 radical (unpaired) electrons. The van der Waals surface area contributed by atoms with E-state index < -0.39 is 0 Å². The topological polar surface area (TPSA) is 48.5 Å². The van der Waals surface area contributed by atoms with Crippen molar-refractivity contribution >= 4 is 22.5 Å². The van der Waals surface area contributed by atoms with Crippen LogP contribution in [0.15, 0.2) is 72.2 Å². The Kier molecular flexibility index (Phi) is 5.87. The summed E-state index contributed by atoms with van der Waals surface area (Å²) in [7, 11) is 0. The fraction of sp³-hybridized carbons (Fsp3) is 0.273. The molecule has 3 aromatic rings. The van der Waals surface area contributed by atoms with E-state index in [1.807, 2.05) is 52.9 Å². The van der Waals surface area contributed by atoms with Gasteiger partial charge < -0.3 is 15.1 Å². The quantitative estimate of drug-likeness (QED) is 0.715. The lowest BCUT2D eigenvalue weighted by Crippen LogP contribution is -2.52. The predicted molar refractivity (Wildman–Crippen MR) is 114 cm³/mol. The Morgan fingerprint density at radius 1 is 1.00 bits per heavy atom. The highest BCUT2D eigenvalue weighted by Gasteiger charge is 2.24. The van der Waals surface area contributed by atoms with Crippen LogP contribution in [0.25, 0.3) is 0 Å². The number of urea groups is 1. The van der Waals surface area contributed by atoms with Crippen molar-refractivity contribution in [2.24, 2.45) is 0 Å². The molecule has 2 amide bonds. The van der Waals surface area contributed by atoms with Crippen LogP contribution in [0.4, 0.5) is 9.93 Å². The van der Waals surface area contributed by atoms with Gasteiger partial charge in [-0.05, 0) is 17.5 Å². The maximum absolute atomic E-state index is 12.9. The lowest BCUT2D eigenvalue weighted by atomic mass is 9.99. The van der Waals surface area contributed by atoms with Crippen molar-refractivity contribution in [3.63, 3.8) is 0 Å². The number of nitrogens with zero attached hydrogens (tertiary/aromatic N) is 3. The molecule has 0 aliphatic carbocycles. The van der Waals surface area contributed by atoms with Crippen LogP contribution in [0, 0.1) is 0 Å². The first-order chi connectivity index (χ1) is 13.8. The lowest BCUT2D eigenvalue weighted by molar-refractivity contribution is 0.190. The Morgan fingerprint density at radius 3 is 2.32 bits per heavy atom. The van der Waals surface area contributed by atoms with Crippen LogP contribution in [-0.2, 0) is 6.42 Å². The zero-order valence-electron chi connectivity index (χ0n) is 15.7. The maximum Gasteiger partial charge on any atom is 0.318 e. The van der Waals surface area contributed by atoms with Crippen LogP contribution in [-0.4, -0.2) is 42.1 Å². The van der Waals surface area contributed by atoms with Crippen molar-refractivity contribution < 1.29 is 4.79 Å². The Balaban J connectivity index is 1.41. The molecular weight excluding hydrogens is 368 g/mol. The third-order valence-electron chi connectivity index (χ3n) is 5.04. The minimum atomic E-state index is -0.0481. The number of carbonyl (C=O) groups is 1. The molecule has 144 valence electrons. The van der Waals surface area contributed by atoms with Gasteiger partial charge in [-0.3, -0.25) is 0 Å². The number of piperazine rings is 1. The number of carbonyl (C=O) groups excluding carboxylic acids is 1. The SMILES string of the molecule is O=C(NC(Cc1ccccc1)c1ccccc1)N1CCN(c2nccs2)CC1. The Hall–Kier alpha value is -2.86. The van der Waals surface area contributed by atoms with Gasteiger partial charge in [-0.1, -0.05) is 60.7 Å². The van der Waals surface area contributed by atoms with Crippen LogP contribution in [0.5, 0.6) is 0 Å². The van der Waals surface area contributed by atoms with Crippen molar-refractivity contribution in [2.75, 3.05) is 31.1 Å². The minimum absolute atomic E-state index is 0.00331. The van der Waals surface area contributed by atoms with Gasteiger partial charge in [0.25, 0.3) is 0 Å². The summed E-state index contributed by atoms with van der Waals surface area (Å²) in [5, 5.41) is 6.28. The summed E-state index contributed by atoms with van der Waals surface area (Å²) < 4.78 is 0. The molecule has 1 saturated heterocycles. The van der Waals surface area contributed by atoms with Gasteiger partial charge >= 0.3 is 6.03 Å². The molecular formula is C22H24N4OS. The summed E-state index contributed by atoms with van der Waals surface area (Å²) in [4.78, 5) is 21.5. The molecule has 1 aromatic heterocycles. The Bertz CT molecular complexity index is 862. The molecule has 0 bridgehead atoms. The number of anilines is 1. The van der Waals surface area contributed by atoms with Crippen LogP contribution < -0.4 is 10.2 Å². The van der Waals surface area contributed by atoms with Crippen molar-refractivity contribution in [3.05, 3.63) is 83.4 Å². The van der Waals surface area contributed by atoms with E-state index in [1.54, 1.807) is 11.3 Å². The van der Waals surface area contributed by atoms with Crippen LogP contribution in [0.2, 0.25) is 0 Å². The molecule has 4 rings (SSSR count). The van der Waals surface area contributed by atoms with Crippen molar-refractivity contribution in [3.8, 4) is 0 Å². The largest absolute Gasteiger partial charge is 0.345 e. The van der Waals surface area contributed by atoms with E-state index >= 15 is 0 Å². The number of aromatic nitrogens is 1. The molecule has 1 fully saturated rings. The fourth-order valence-electron chi connectivity index (χ4n) is 3.50. The molecule has 1 unspecified atom stereocenters. The van der Waals surface area contributed by atoms with Gasteiger partial charge in [0.1, 0.15) is 0 Å². The summed E-state index contributed by atoms with van der Waals surface area (Å²) in [6, 6.07) is 20.5. The monoisotopic (exact) mass is 392 g/mol. The summed E-state index contributed by atoms with van der Waals surface area (Å²) in [6.07, 6.45) is 2.60. The zero-order chi connectivity index (χ0) is 19.2. The van der Waals surface area contributed by atoms with Gasteiger partial charge in [-0.2, -0.15) is 0 Å². The van der Waals surface area contributed by atoms with Gasteiger partial charge in [0.05, 0.1) is 6.04 Å². The normalized spacial score (nSPS) is 15.3. The number of benzene rings is 2. The van der Waals surface area contributed by atoms with E-state index in [9.17, 15) is 4.79 Å². The maximum atomic E-state index is 12.9. The number of nitrogens with one attached hydrogen (secondary N) is 1. The third-order valence-corrected chi connectivity index (χ3v) is 5.87. The van der Waals surface area contributed by atoms with E-state index in [1.165, 1.54) is 5.56 Å². The summed E-state index contributed by atoms with van der Waals surface area (Å²) >= 11 is 1.64. The molecule has 5 nitrogen and oxygen atoms in total. The molecule has 0 saturated carbocycles. The first kappa shape index (κ1) is 18.5. The van der Waals surface area contributed by atoms with E-state index in [4.69, 9.17) is 0 Å². The minimum Gasteiger partial charge on any atom is -0.345 e. The van der Waals surface area contributed by atoms with E-state index in [-0.39, 0.29) is 12.1 Å². The van der Waals surface area contributed by atoms with Gasteiger partial charge in [-0.15, -0.1) is 11.3 Å². The number of hydrogen-bond donors (Lipinski definition) is 1. The van der Waals surface area contributed by atoms with E-state index in [0.717, 1.165) is 30.2 Å². The van der Waals surface area contributed by atoms with Gasteiger partial charge in [-0.25, -0.2) is 9.78 Å². The number of hydrogen-bond acceptors (Lipinski definition) is 4. The molecule has 2 heterocycles. The standard InChI is InChI=1S/C22H24N4OS/c27-21(25-12-14-26(15-13-25)22-23-11-16-28-22)24-20(19-9-5-2-6-10-19)17-18-7-3-1-4-8-18/h1-11,16,20H,12-15,17H2,(H,24,27). The molecule has 1 aliphatic heterocycles. The van der Waals surface area contributed by atoms with Crippen molar-refractivity contribution in [1.82, 2.24) is 15.2 Å². The second-order valence-corrected chi connectivity index (χ2v) is 7.76. The van der Waals surface area contributed by atoms with Crippen LogP contribution in [0.3, 0.4) is 0 Å². The van der Waals surface area contributed by atoms with Gasteiger partial charge in [0.15, 0.2) is 5.13 Å². The zero-order valence-corrected chi connectivity index (χ0v) is 16.5. The Morgan fingerprint density at radius 2 is 1.68 bits per heavy atom. The summed E-state index contributed by atoms with van der Waals surface area (Å²) in [5.74, 6) is 0. The molecule has 1 atom stereocenters. The average molecular weight is 393 g/mol. The molecule has 2 aromatic carbocycles. The molecule has 1 N–H and O–H groups in total. The molecule has 6 heteroatoms. The second-order valence-electron chi connectivity index (χ2n) is 6.89. The molecule has 28 heavy (non-hydrogen) atoms.